The van der Waals surface area contributed by atoms with E-state index in [4.69, 9.17) is 0 Å². The average Bonchev–Trinajstić information content (AvgIpc) is 2.86. The maximum absolute atomic E-state index is 13.0. The number of pyridine rings is 1. The molecule has 2 aromatic heterocycles. The summed E-state index contributed by atoms with van der Waals surface area (Å²) in [5.41, 5.74) is 3.14. The van der Waals surface area contributed by atoms with Crippen molar-refractivity contribution in [2.24, 2.45) is 0 Å². The van der Waals surface area contributed by atoms with Gasteiger partial charge in [-0.3, -0.25) is 0 Å². The number of nitrogens with zero attached hydrogens (tertiary/aromatic N) is 2. The molecular weight excluding hydrogens is 241 g/mol. The van der Waals surface area contributed by atoms with Crippen LogP contribution in [0.4, 0.5) is 4.39 Å². The predicted molar refractivity (Wildman–Crippen MR) is 72.5 cm³/mol. The molecule has 0 aliphatic heterocycles. The van der Waals surface area contributed by atoms with E-state index >= 15 is 0 Å². The second-order valence-electron chi connectivity index (χ2n) is 4.40. The van der Waals surface area contributed by atoms with Crippen LogP contribution < -0.4 is 5.32 Å². The average molecular weight is 255 g/mol. The Bertz CT molecular complexity index is 688. The van der Waals surface area contributed by atoms with Crippen LogP contribution in [0.3, 0.4) is 0 Å². The van der Waals surface area contributed by atoms with Gasteiger partial charge in [0.2, 0.25) is 0 Å². The van der Waals surface area contributed by atoms with E-state index < -0.39 is 0 Å². The van der Waals surface area contributed by atoms with E-state index in [0.717, 1.165) is 16.6 Å². The summed E-state index contributed by atoms with van der Waals surface area (Å²) in [4.78, 5) is 0. The lowest BCUT2D eigenvalue weighted by Crippen LogP contribution is -2.17. The zero-order chi connectivity index (χ0) is 13.2. The minimum Gasteiger partial charge on any atom is -0.309 e. The summed E-state index contributed by atoms with van der Waals surface area (Å²) in [5, 5.41) is 7.59. The molecule has 1 unspecified atom stereocenters. The molecule has 0 aliphatic carbocycles. The predicted octanol–water partition coefficient (Wildman–Crippen LogP) is 2.78. The topological polar surface area (TPSA) is 29.3 Å². The molecule has 3 nitrogen and oxygen atoms in total. The maximum Gasteiger partial charge on any atom is 0.123 e. The molecule has 0 bridgehead atoms. The molecule has 0 amide bonds. The van der Waals surface area contributed by atoms with Crippen LogP contribution in [-0.2, 0) is 0 Å². The smallest absolute Gasteiger partial charge is 0.123 e. The van der Waals surface area contributed by atoms with Crippen molar-refractivity contribution in [3.8, 4) is 0 Å². The van der Waals surface area contributed by atoms with E-state index in [1.54, 1.807) is 12.1 Å². The van der Waals surface area contributed by atoms with Crippen molar-refractivity contribution in [3.63, 3.8) is 0 Å². The van der Waals surface area contributed by atoms with E-state index in [1.165, 1.54) is 12.1 Å². The van der Waals surface area contributed by atoms with Crippen molar-refractivity contribution < 1.29 is 4.39 Å². The lowest BCUT2D eigenvalue weighted by molar-refractivity contribution is 0.623. The summed E-state index contributed by atoms with van der Waals surface area (Å²) >= 11 is 0. The third-order valence-electron chi connectivity index (χ3n) is 3.26. The molecule has 4 heteroatoms. The fraction of sp³-hybridized carbons (Fsp3) is 0.133. The highest BCUT2D eigenvalue weighted by Crippen LogP contribution is 2.25. The molecule has 1 atom stereocenters. The minimum absolute atomic E-state index is 0.000463. The summed E-state index contributed by atoms with van der Waals surface area (Å²) in [6.45, 7) is 0. The molecule has 0 saturated carbocycles. The summed E-state index contributed by atoms with van der Waals surface area (Å²) in [7, 11) is 1.89. The number of rotatable bonds is 3. The van der Waals surface area contributed by atoms with Gasteiger partial charge in [0.15, 0.2) is 0 Å². The Morgan fingerprint density at radius 3 is 2.68 bits per heavy atom. The molecule has 0 spiro atoms. The third kappa shape index (κ3) is 2.11. The summed E-state index contributed by atoms with van der Waals surface area (Å²) in [6, 6.07) is 12.5. The van der Waals surface area contributed by atoms with Crippen molar-refractivity contribution in [2.75, 3.05) is 7.05 Å². The largest absolute Gasteiger partial charge is 0.309 e. The van der Waals surface area contributed by atoms with E-state index in [1.807, 2.05) is 42.2 Å². The zero-order valence-electron chi connectivity index (χ0n) is 10.5. The first kappa shape index (κ1) is 11.9. The highest BCUT2D eigenvalue weighted by molar-refractivity contribution is 5.57. The van der Waals surface area contributed by atoms with Crippen LogP contribution in [0.5, 0.6) is 0 Å². The van der Waals surface area contributed by atoms with E-state index in [0.29, 0.717) is 0 Å². The number of halogens is 1. The maximum atomic E-state index is 13.0. The van der Waals surface area contributed by atoms with Gasteiger partial charge in [-0.15, -0.1) is 0 Å². The fourth-order valence-electron chi connectivity index (χ4n) is 2.33. The van der Waals surface area contributed by atoms with Crippen LogP contribution >= 0.6 is 0 Å². The monoisotopic (exact) mass is 255 g/mol. The molecule has 0 radical (unpaired) electrons. The van der Waals surface area contributed by atoms with Gasteiger partial charge in [-0.05, 0) is 36.9 Å². The quantitative estimate of drug-likeness (QED) is 0.779. The van der Waals surface area contributed by atoms with Crippen molar-refractivity contribution >= 4 is 5.52 Å². The summed E-state index contributed by atoms with van der Waals surface area (Å²) < 4.78 is 14.8. The molecule has 1 N–H and O–H groups in total. The highest BCUT2D eigenvalue weighted by atomic mass is 19.1. The Hall–Kier alpha value is -2.20. The van der Waals surface area contributed by atoms with Gasteiger partial charge in [0.1, 0.15) is 5.82 Å². The Labute approximate surface area is 110 Å². The van der Waals surface area contributed by atoms with Crippen LogP contribution in [0.25, 0.3) is 5.52 Å². The van der Waals surface area contributed by atoms with Crippen LogP contribution in [0.15, 0.2) is 54.9 Å². The van der Waals surface area contributed by atoms with Crippen molar-refractivity contribution in [1.29, 1.82) is 0 Å². The Morgan fingerprint density at radius 1 is 1.16 bits per heavy atom. The zero-order valence-corrected chi connectivity index (χ0v) is 10.5. The van der Waals surface area contributed by atoms with Crippen LogP contribution in [0, 0.1) is 5.82 Å². The Morgan fingerprint density at radius 2 is 1.95 bits per heavy atom. The standard InChI is InChI=1S/C15H14FN3/c1-17-15(11-5-7-12(16)8-6-11)13-10-18-19-9-3-2-4-14(13)19/h2-10,15,17H,1H3. The van der Waals surface area contributed by atoms with E-state index in [9.17, 15) is 4.39 Å². The van der Waals surface area contributed by atoms with Crippen molar-refractivity contribution in [3.05, 3.63) is 71.8 Å². The number of aromatic nitrogens is 2. The van der Waals surface area contributed by atoms with Gasteiger partial charge < -0.3 is 5.32 Å². The molecule has 96 valence electrons. The number of benzene rings is 1. The fourth-order valence-corrected chi connectivity index (χ4v) is 2.33. The Kier molecular flexibility index (Phi) is 3.01. The normalized spacial score (nSPS) is 12.7. The van der Waals surface area contributed by atoms with Gasteiger partial charge >= 0.3 is 0 Å². The summed E-state index contributed by atoms with van der Waals surface area (Å²) in [5.74, 6) is -0.224. The van der Waals surface area contributed by atoms with Gasteiger partial charge in [-0.1, -0.05) is 18.2 Å². The molecule has 0 saturated heterocycles. The first-order chi connectivity index (χ1) is 9.29. The molecule has 0 fully saturated rings. The van der Waals surface area contributed by atoms with Gasteiger partial charge in [-0.25, -0.2) is 8.91 Å². The van der Waals surface area contributed by atoms with Gasteiger partial charge in [0, 0.05) is 11.8 Å². The first-order valence-electron chi connectivity index (χ1n) is 6.14. The third-order valence-corrected chi connectivity index (χ3v) is 3.26. The number of hydrogen-bond acceptors (Lipinski definition) is 2. The second kappa shape index (κ2) is 4.82. The Balaban J connectivity index is 2.09. The molecule has 19 heavy (non-hydrogen) atoms. The van der Waals surface area contributed by atoms with E-state index in [-0.39, 0.29) is 11.9 Å². The van der Waals surface area contributed by atoms with Gasteiger partial charge in [0.05, 0.1) is 17.8 Å². The van der Waals surface area contributed by atoms with Crippen LogP contribution in [0.1, 0.15) is 17.2 Å². The molecular formula is C15H14FN3. The lowest BCUT2D eigenvalue weighted by Gasteiger charge is -2.15. The molecule has 3 aromatic rings. The van der Waals surface area contributed by atoms with Crippen LogP contribution in [-0.4, -0.2) is 16.7 Å². The first-order valence-corrected chi connectivity index (χ1v) is 6.14. The minimum atomic E-state index is -0.224. The molecule has 0 aliphatic rings. The van der Waals surface area contributed by atoms with Crippen molar-refractivity contribution in [1.82, 2.24) is 14.9 Å². The van der Waals surface area contributed by atoms with Crippen molar-refractivity contribution in [2.45, 2.75) is 6.04 Å². The summed E-state index contributed by atoms with van der Waals surface area (Å²) in [6.07, 6.45) is 3.76. The van der Waals surface area contributed by atoms with E-state index in [2.05, 4.69) is 10.4 Å². The highest BCUT2D eigenvalue weighted by Gasteiger charge is 2.16. The number of fused-ring (bicyclic) bond motifs is 1. The number of hydrogen-bond donors (Lipinski definition) is 1. The second-order valence-corrected chi connectivity index (χ2v) is 4.40. The van der Waals surface area contributed by atoms with Gasteiger partial charge in [0.25, 0.3) is 0 Å². The lowest BCUT2D eigenvalue weighted by atomic mass is 10.00. The molecule has 3 rings (SSSR count). The SMILES string of the molecule is CNC(c1ccc(F)cc1)c1cnn2ccccc12. The molecule has 1 aromatic carbocycles. The molecule has 2 heterocycles. The van der Waals surface area contributed by atoms with Gasteiger partial charge in [-0.2, -0.15) is 5.10 Å². The number of nitrogens with one attached hydrogen (secondary N) is 1. The van der Waals surface area contributed by atoms with Crippen LogP contribution in [0.2, 0.25) is 0 Å².